The largest absolute Gasteiger partial charge is 0.330 e. The van der Waals surface area contributed by atoms with Crippen molar-refractivity contribution < 1.29 is 0 Å². The molecule has 0 aliphatic rings. The number of para-hydroxylation sites is 1. The maximum absolute atomic E-state index is 5.67. The minimum absolute atomic E-state index is 0.327. The Hall–Kier alpha value is -1.61. The van der Waals surface area contributed by atoms with Gasteiger partial charge in [0.15, 0.2) is 0 Å². The Bertz CT molecular complexity index is 419. The molecule has 2 aromatic rings. The molecule has 1 aromatic heterocycles. The fourth-order valence-corrected chi connectivity index (χ4v) is 1.59. The summed E-state index contributed by atoms with van der Waals surface area (Å²) in [6.07, 6.45) is 1.81. The van der Waals surface area contributed by atoms with Crippen molar-refractivity contribution in [3.63, 3.8) is 0 Å². The predicted octanol–water partition coefficient (Wildman–Crippen LogP) is 1.93. The van der Waals surface area contributed by atoms with Gasteiger partial charge >= 0.3 is 0 Å². The molecule has 0 bridgehead atoms. The fourth-order valence-electron chi connectivity index (χ4n) is 1.59. The lowest BCUT2D eigenvalue weighted by Gasteiger charge is -2.11. The van der Waals surface area contributed by atoms with E-state index in [4.69, 9.17) is 5.73 Å². The van der Waals surface area contributed by atoms with Gasteiger partial charge in [-0.25, -0.2) is 4.68 Å². The van der Waals surface area contributed by atoms with Crippen molar-refractivity contribution in [2.24, 2.45) is 5.73 Å². The van der Waals surface area contributed by atoms with Crippen LogP contribution in [-0.4, -0.2) is 16.3 Å². The summed E-state index contributed by atoms with van der Waals surface area (Å²) < 4.78 is 1.94. The van der Waals surface area contributed by atoms with Crippen LogP contribution in [0.2, 0.25) is 0 Å². The second-order valence-electron chi connectivity index (χ2n) is 3.64. The third kappa shape index (κ3) is 1.92. The third-order valence-corrected chi connectivity index (χ3v) is 2.53. The number of aromatic nitrogens is 2. The summed E-state index contributed by atoms with van der Waals surface area (Å²) in [7, 11) is 0. The molecule has 0 fully saturated rings. The molecular weight excluding hydrogens is 186 g/mol. The van der Waals surface area contributed by atoms with E-state index in [2.05, 4.69) is 12.0 Å². The summed E-state index contributed by atoms with van der Waals surface area (Å²) in [6.45, 7) is 2.75. The van der Waals surface area contributed by atoms with Crippen LogP contribution < -0.4 is 5.73 Å². The van der Waals surface area contributed by atoms with Crippen molar-refractivity contribution in [3.8, 4) is 5.69 Å². The summed E-state index contributed by atoms with van der Waals surface area (Å²) in [6, 6.07) is 12.1. The fraction of sp³-hybridized carbons (Fsp3) is 0.250. The first-order chi connectivity index (χ1) is 7.33. The van der Waals surface area contributed by atoms with Crippen LogP contribution >= 0.6 is 0 Å². The minimum Gasteiger partial charge on any atom is -0.330 e. The van der Waals surface area contributed by atoms with Gasteiger partial charge in [0.1, 0.15) is 0 Å². The maximum Gasteiger partial charge on any atom is 0.0648 e. The molecule has 0 radical (unpaired) electrons. The van der Waals surface area contributed by atoms with Crippen molar-refractivity contribution in [1.29, 1.82) is 0 Å². The minimum atomic E-state index is 0.327. The van der Waals surface area contributed by atoms with E-state index in [-0.39, 0.29) is 0 Å². The Balaban J connectivity index is 2.41. The normalized spacial score (nSPS) is 12.7. The highest BCUT2D eigenvalue weighted by atomic mass is 15.3. The Labute approximate surface area is 89.5 Å². The van der Waals surface area contributed by atoms with E-state index < -0.39 is 0 Å². The second-order valence-corrected chi connectivity index (χ2v) is 3.64. The number of hydrogen-bond acceptors (Lipinski definition) is 2. The highest BCUT2D eigenvalue weighted by molar-refractivity contribution is 5.33. The van der Waals surface area contributed by atoms with Gasteiger partial charge in [-0.2, -0.15) is 5.10 Å². The highest BCUT2D eigenvalue weighted by Crippen LogP contribution is 2.17. The molecule has 1 unspecified atom stereocenters. The SMILES string of the molecule is CC(CN)c1ccnn1-c1ccccc1. The average molecular weight is 201 g/mol. The van der Waals surface area contributed by atoms with Crippen LogP contribution in [0.15, 0.2) is 42.6 Å². The maximum atomic E-state index is 5.67. The zero-order chi connectivity index (χ0) is 10.7. The Kier molecular flexibility index (Phi) is 2.83. The first-order valence-corrected chi connectivity index (χ1v) is 5.12. The first kappa shape index (κ1) is 9.93. The zero-order valence-corrected chi connectivity index (χ0v) is 8.80. The second kappa shape index (κ2) is 4.28. The van der Waals surface area contributed by atoms with E-state index in [0.29, 0.717) is 12.5 Å². The standard InChI is InChI=1S/C12H15N3/c1-10(9-13)12-7-8-14-15(12)11-5-3-2-4-6-11/h2-8,10H,9,13H2,1H3. The van der Waals surface area contributed by atoms with Crippen molar-refractivity contribution in [1.82, 2.24) is 9.78 Å². The Morgan fingerprint density at radius 1 is 1.27 bits per heavy atom. The summed E-state index contributed by atoms with van der Waals surface area (Å²) in [5.74, 6) is 0.327. The Morgan fingerprint density at radius 3 is 2.67 bits per heavy atom. The molecule has 2 rings (SSSR count). The van der Waals surface area contributed by atoms with Crippen molar-refractivity contribution in [2.75, 3.05) is 6.54 Å². The number of rotatable bonds is 3. The van der Waals surface area contributed by atoms with E-state index in [1.807, 2.05) is 47.3 Å². The lowest BCUT2D eigenvalue weighted by Crippen LogP contribution is -2.13. The average Bonchev–Trinajstić information content (AvgIpc) is 2.78. The topological polar surface area (TPSA) is 43.8 Å². The molecule has 0 aliphatic heterocycles. The smallest absolute Gasteiger partial charge is 0.0648 e. The predicted molar refractivity (Wildman–Crippen MR) is 61.0 cm³/mol. The molecular formula is C12H15N3. The number of benzene rings is 1. The van der Waals surface area contributed by atoms with Crippen LogP contribution in [0.5, 0.6) is 0 Å². The van der Waals surface area contributed by atoms with E-state index in [1.165, 1.54) is 0 Å². The molecule has 2 N–H and O–H groups in total. The van der Waals surface area contributed by atoms with Gasteiger partial charge in [0.2, 0.25) is 0 Å². The molecule has 1 aromatic carbocycles. The zero-order valence-electron chi connectivity index (χ0n) is 8.80. The van der Waals surface area contributed by atoms with Crippen LogP contribution in [0.4, 0.5) is 0 Å². The van der Waals surface area contributed by atoms with Crippen molar-refractivity contribution >= 4 is 0 Å². The van der Waals surface area contributed by atoms with E-state index in [9.17, 15) is 0 Å². The van der Waals surface area contributed by atoms with Gasteiger partial charge in [0.05, 0.1) is 5.69 Å². The lowest BCUT2D eigenvalue weighted by atomic mass is 10.1. The van der Waals surface area contributed by atoms with Gasteiger partial charge in [-0.05, 0) is 18.2 Å². The van der Waals surface area contributed by atoms with E-state index in [1.54, 1.807) is 0 Å². The van der Waals surface area contributed by atoms with Crippen molar-refractivity contribution in [3.05, 3.63) is 48.3 Å². The summed E-state index contributed by atoms with van der Waals surface area (Å²) in [4.78, 5) is 0. The van der Waals surface area contributed by atoms with Crippen LogP contribution in [0.25, 0.3) is 5.69 Å². The molecule has 3 heteroatoms. The van der Waals surface area contributed by atoms with E-state index in [0.717, 1.165) is 11.4 Å². The van der Waals surface area contributed by atoms with Gasteiger partial charge in [-0.1, -0.05) is 25.1 Å². The number of nitrogens with zero attached hydrogens (tertiary/aromatic N) is 2. The third-order valence-electron chi connectivity index (χ3n) is 2.53. The molecule has 0 saturated carbocycles. The first-order valence-electron chi connectivity index (χ1n) is 5.12. The van der Waals surface area contributed by atoms with E-state index >= 15 is 0 Å². The highest BCUT2D eigenvalue weighted by Gasteiger charge is 2.10. The van der Waals surface area contributed by atoms with Gasteiger partial charge in [0, 0.05) is 24.4 Å². The molecule has 0 saturated heterocycles. The quantitative estimate of drug-likeness (QED) is 0.824. The lowest BCUT2D eigenvalue weighted by molar-refractivity contribution is 0.691. The van der Waals surface area contributed by atoms with Gasteiger partial charge in [0.25, 0.3) is 0 Å². The number of hydrogen-bond donors (Lipinski definition) is 1. The molecule has 0 amide bonds. The summed E-state index contributed by atoms with van der Waals surface area (Å²) in [5.41, 5.74) is 7.91. The van der Waals surface area contributed by atoms with Gasteiger partial charge in [-0.15, -0.1) is 0 Å². The van der Waals surface area contributed by atoms with Crippen LogP contribution in [0.1, 0.15) is 18.5 Å². The molecule has 0 aliphatic carbocycles. The Morgan fingerprint density at radius 2 is 2.00 bits per heavy atom. The molecule has 1 atom stereocenters. The molecule has 15 heavy (non-hydrogen) atoms. The molecule has 0 spiro atoms. The van der Waals surface area contributed by atoms with Crippen LogP contribution in [-0.2, 0) is 0 Å². The van der Waals surface area contributed by atoms with Crippen LogP contribution in [0.3, 0.4) is 0 Å². The number of nitrogens with two attached hydrogens (primary N) is 1. The molecule has 1 heterocycles. The molecule has 3 nitrogen and oxygen atoms in total. The summed E-state index contributed by atoms with van der Waals surface area (Å²) in [5, 5.41) is 4.32. The van der Waals surface area contributed by atoms with Gasteiger partial charge in [-0.3, -0.25) is 0 Å². The summed E-state index contributed by atoms with van der Waals surface area (Å²) >= 11 is 0. The molecule has 78 valence electrons. The van der Waals surface area contributed by atoms with Crippen LogP contribution in [0, 0.1) is 0 Å². The monoisotopic (exact) mass is 201 g/mol. The van der Waals surface area contributed by atoms with Gasteiger partial charge < -0.3 is 5.73 Å². The van der Waals surface area contributed by atoms with Crippen molar-refractivity contribution in [2.45, 2.75) is 12.8 Å².